The van der Waals surface area contributed by atoms with Crippen molar-refractivity contribution in [2.75, 3.05) is 18.8 Å². The summed E-state index contributed by atoms with van der Waals surface area (Å²) in [7, 11) is 0. The zero-order valence-corrected chi connectivity index (χ0v) is 14.2. The molecule has 6 heteroatoms. The summed E-state index contributed by atoms with van der Waals surface area (Å²) in [5.41, 5.74) is 1.22. The van der Waals surface area contributed by atoms with Gasteiger partial charge in [0.2, 0.25) is 5.91 Å². The molecule has 1 aromatic rings. The molecule has 2 N–H and O–H groups in total. The Hall–Kier alpha value is -1.69. The summed E-state index contributed by atoms with van der Waals surface area (Å²) in [6.45, 7) is 2.87. The van der Waals surface area contributed by atoms with Crippen LogP contribution in [0.1, 0.15) is 37.8 Å². The number of carbonyl (C=O) groups is 2. The molecule has 23 heavy (non-hydrogen) atoms. The van der Waals surface area contributed by atoms with E-state index in [1.807, 2.05) is 28.8 Å². The molecular weight excluding hydrogens is 310 g/mol. The van der Waals surface area contributed by atoms with Crippen LogP contribution in [0.25, 0.3) is 0 Å². The van der Waals surface area contributed by atoms with Gasteiger partial charge in [-0.05, 0) is 30.9 Å². The van der Waals surface area contributed by atoms with Crippen LogP contribution >= 0.6 is 11.8 Å². The molecule has 3 rings (SSSR count). The Morgan fingerprint density at radius 3 is 2.87 bits per heavy atom. The Balaban J connectivity index is 1.62. The largest absolute Gasteiger partial charge is 0.352 e. The molecule has 2 atom stereocenters. The van der Waals surface area contributed by atoms with Gasteiger partial charge in [0.15, 0.2) is 0 Å². The molecule has 0 aliphatic carbocycles. The maximum Gasteiger partial charge on any atom is 0.317 e. The predicted molar refractivity (Wildman–Crippen MR) is 91.5 cm³/mol. The second-order valence-electron chi connectivity index (χ2n) is 6.16. The third-order valence-corrected chi connectivity index (χ3v) is 5.49. The van der Waals surface area contributed by atoms with Gasteiger partial charge in [-0.1, -0.05) is 18.2 Å². The van der Waals surface area contributed by atoms with Crippen molar-refractivity contribution in [1.29, 1.82) is 0 Å². The summed E-state index contributed by atoms with van der Waals surface area (Å²) in [6, 6.07) is 8.42. The van der Waals surface area contributed by atoms with Gasteiger partial charge in [-0.25, -0.2) is 4.79 Å². The fraction of sp³-hybridized carbons (Fsp3) is 0.529. The van der Waals surface area contributed by atoms with Gasteiger partial charge in [-0.15, -0.1) is 11.8 Å². The van der Waals surface area contributed by atoms with E-state index in [9.17, 15) is 9.59 Å². The molecule has 124 valence electrons. The number of benzene rings is 1. The van der Waals surface area contributed by atoms with Crippen molar-refractivity contribution < 1.29 is 9.59 Å². The van der Waals surface area contributed by atoms with Crippen LogP contribution in [-0.4, -0.2) is 41.7 Å². The SMILES string of the molecule is CC(=O)N[C@@H]1CCCN(C(=O)N[C@H]2CCSc3ccccc32)C1. The summed E-state index contributed by atoms with van der Waals surface area (Å²) in [6.07, 6.45) is 2.82. The zero-order valence-electron chi connectivity index (χ0n) is 13.4. The lowest BCUT2D eigenvalue weighted by Crippen LogP contribution is -2.52. The second-order valence-corrected chi connectivity index (χ2v) is 7.30. The maximum atomic E-state index is 12.6. The van der Waals surface area contributed by atoms with Crippen molar-refractivity contribution >= 4 is 23.7 Å². The van der Waals surface area contributed by atoms with E-state index in [0.717, 1.165) is 31.6 Å². The number of urea groups is 1. The minimum Gasteiger partial charge on any atom is -0.352 e. The molecule has 1 aromatic carbocycles. The van der Waals surface area contributed by atoms with E-state index < -0.39 is 0 Å². The average Bonchev–Trinajstić information content (AvgIpc) is 2.55. The summed E-state index contributed by atoms with van der Waals surface area (Å²) in [5.74, 6) is 0.992. The number of hydrogen-bond donors (Lipinski definition) is 2. The van der Waals surface area contributed by atoms with E-state index in [1.54, 1.807) is 0 Å². The number of hydrogen-bond acceptors (Lipinski definition) is 3. The standard InChI is InChI=1S/C17H23N3O2S/c1-12(21)18-13-5-4-9-20(11-13)17(22)19-15-8-10-23-16-7-3-2-6-14(15)16/h2-3,6-7,13,15H,4-5,8-11H2,1H3,(H,18,21)(H,19,22)/t13-,15+/m1/s1. The molecule has 2 aliphatic rings. The van der Waals surface area contributed by atoms with Crippen LogP contribution in [0.2, 0.25) is 0 Å². The Morgan fingerprint density at radius 2 is 2.04 bits per heavy atom. The van der Waals surface area contributed by atoms with E-state index in [4.69, 9.17) is 0 Å². The summed E-state index contributed by atoms with van der Waals surface area (Å²) < 4.78 is 0. The molecule has 2 heterocycles. The lowest BCUT2D eigenvalue weighted by atomic mass is 10.0. The highest BCUT2D eigenvalue weighted by Crippen LogP contribution is 2.35. The highest BCUT2D eigenvalue weighted by molar-refractivity contribution is 7.99. The molecule has 0 spiro atoms. The zero-order chi connectivity index (χ0) is 16.2. The first-order valence-corrected chi connectivity index (χ1v) is 9.16. The van der Waals surface area contributed by atoms with Crippen LogP contribution in [0.3, 0.4) is 0 Å². The van der Waals surface area contributed by atoms with Gasteiger partial charge >= 0.3 is 6.03 Å². The van der Waals surface area contributed by atoms with Crippen LogP contribution in [0, 0.1) is 0 Å². The van der Waals surface area contributed by atoms with E-state index in [-0.39, 0.29) is 24.0 Å². The van der Waals surface area contributed by atoms with Gasteiger partial charge in [0, 0.05) is 36.7 Å². The topological polar surface area (TPSA) is 61.4 Å². The molecule has 1 fully saturated rings. The first-order chi connectivity index (χ1) is 11.1. The molecule has 0 saturated carbocycles. The van der Waals surface area contributed by atoms with Crippen molar-refractivity contribution in [3.8, 4) is 0 Å². The molecule has 0 aromatic heterocycles. The molecule has 0 bridgehead atoms. The Labute approximate surface area is 141 Å². The highest BCUT2D eigenvalue weighted by atomic mass is 32.2. The monoisotopic (exact) mass is 333 g/mol. The molecule has 3 amide bonds. The van der Waals surface area contributed by atoms with E-state index >= 15 is 0 Å². The Kier molecular flexibility index (Phi) is 5.10. The normalized spacial score (nSPS) is 23.8. The number of nitrogens with one attached hydrogen (secondary N) is 2. The molecule has 1 saturated heterocycles. The van der Waals surface area contributed by atoms with Crippen LogP contribution in [0.15, 0.2) is 29.2 Å². The maximum absolute atomic E-state index is 12.6. The number of piperidine rings is 1. The first kappa shape index (κ1) is 16.2. The number of carbonyl (C=O) groups excluding carboxylic acids is 2. The number of rotatable bonds is 2. The van der Waals surface area contributed by atoms with Crippen molar-refractivity contribution in [2.24, 2.45) is 0 Å². The summed E-state index contributed by atoms with van der Waals surface area (Å²) in [5, 5.41) is 6.10. The van der Waals surface area contributed by atoms with Gasteiger partial charge in [-0.2, -0.15) is 0 Å². The van der Waals surface area contributed by atoms with Gasteiger partial charge in [-0.3, -0.25) is 4.79 Å². The number of nitrogens with zero attached hydrogens (tertiary/aromatic N) is 1. The lowest BCUT2D eigenvalue weighted by Gasteiger charge is -2.35. The molecule has 2 aliphatic heterocycles. The van der Waals surface area contributed by atoms with Crippen LogP contribution in [-0.2, 0) is 4.79 Å². The average molecular weight is 333 g/mol. The summed E-state index contributed by atoms with van der Waals surface area (Å²) in [4.78, 5) is 26.9. The van der Waals surface area contributed by atoms with Gasteiger partial charge in [0.05, 0.1) is 6.04 Å². The Bertz CT molecular complexity index is 593. The molecular formula is C17H23N3O2S. The minimum atomic E-state index is -0.0320. The Morgan fingerprint density at radius 1 is 1.22 bits per heavy atom. The lowest BCUT2D eigenvalue weighted by molar-refractivity contribution is -0.119. The van der Waals surface area contributed by atoms with E-state index in [2.05, 4.69) is 22.8 Å². The number of likely N-dealkylation sites (tertiary alicyclic amines) is 1. The molecule has 0 unspecified atom stereocenters. The number of thioether (sulfide) groups is 1. The van der Waals surface area contributed by atoms with Gasteiger partial charge in [0.1, 0.15) is 0 Å². The quantitative estimate of drug-likeness (QED) is 0.874. The second kappa shape index (κ2) is 7.25. The van der Waals surface area contributed by atoms with Crippen molar-refractivity contribution in [2.45, 2.75) is 43.2 Å². The molecule has 5 nitrogen and oxygen atoms in total. The van der Waals surface area contributed by atoms with Crippen LogP contribution in [0.5, 0.6) is 0 Å². The fourth-order valence-electron chi connectivity index (χ4n) is 3.30. The van der Waals surface area contributed by atoms with Gasteiger partial charge < -0.3 is 15.5 Å². The fourth-order valence-corrected chi connectivity index (χ4v) is 4.42. The predicted octanol–water partition coefficient (Wildman–Crippen LogP) is 2.53. The van der Waals surface area contributed by atoms with Crippen molar-refractivity contribution in [1.82, 2.24) is 15.5 Å². The first-order valence-electron chi connectivity index (χ1n) is 8.18. The highest BCUT2D eigenvalue weighted by Gasteiger charge is 2.27. The van der Waals surface area contributed by atoms with Crippen LogP contribution < -0.4 is 10.6 Å². The third kappa shape index (κ3) is 3.99. The van der Waals surface area contributed by atoms with E-state index in [0.29, 0.717) is 6.54 Å². The van der Waals surface area contributed by atoms with Gasteiger partial charge in [0.25, 0.3) is 0 Å². The van der Waals surface area contributed by atoms with Crippen LogP contribution in [0.4, 0.5) is 4.79 Å². The number of amides is 3. The number of fused-ring (bicyclic) bond motifs is 1. The van der Waals surface area contributed by atoms with Crippen molar-refractivity contribution in [3.63, 3.8) is 0 Å². The third-order valence-electron chi connectivity index (χ3n) is 4.37. The minimum absolute atomic E-state index is 0.0215. The molecule has 0 radical (unpaired) electrons. The van der Waals surface area contributed by atoms with E-state index in [1.165, 1.54) is 17.4 Å². The van der Waals surface area contributed by atoms with Crippen molar-refractivity contribution in [3.05, 3.63) is 29.8 Å². The summed E-state index contributed by atoms with van der Waals surface area (Å²) >= 11 is 1.85. The smallest absolute Gasteiger partial charge is 0.317 e.